The second-order valence-electron chi connectivity index (χ2n) is 7.67. The van der Waals surface area contributed by atoms with Crippen molar-refractivity contribution >= 4 is 17.5 Å². The molecule has 0 aliphatic carbocycles. The van der Waals surface area contributed by atoms with Crippen molar-refractivity contribution < 1.29 is 9.32 Å². The first kappa shape index (κ1) is 20.6. The lowest BCUT2D eigenvalue weighted by Gasteiger charge is -2.31. The maximum Gasteiger partial charge on any atom is 0.273 e. The van der Waals surface area contributed by atoms with E-state index in [9.17, 15) is 4.79 Å². The summed E-state index contributed by atoms with van der Waals surface area (Å²) in [6, 6.07) is 19.4. The molecule has 4 rings (SSSR count). The van der Waals surface area contributed by atoms with Crippen LogP contribution in [0.3, 0.4) is 0 Å². The first-order valence-corrected chi connectivity index (χ1v) is 10.9. The Kier molecular flexibility index (Phi) is 6.82. The van der Waals surface area contributed by atoms with Crippen LogP contribution in [0.2, 0.25) is 5.02 Å². The zero-order valence-corrected chi connectivity index (χ0v) is 17.6. The summed E-state index contributed by atoms with van der Waals surface area (Å²) in [5, 5.41) is 7.74. The average Bonchev–Trinajstić information content (AvgIpc) is 3.13. The van der Waals surface area contributed by atoms with Crippen LogP contribution in [-0.2, 0) is 0 Å². The number of carbonyl (C=O) groups is 1. The highest BCUT2D eigenvalue weighted by molar-refractivity contribution is 6.30. The highest BCUT2D eigenvalue weighted by Crippen LogP contribution is 2.25. The Bertz CT molecular complexity index is 948. The third-order valence-corrected chi connectivity index (χ3v) is 5.85. The van der Waals surface area contributed by atoms with Gasteiger partial charge in [-0.15, -0.1) is 0 Å². The predicted octanol–water partition coefficient (Wildman–Crippen LogP) is 5.34. The summed E-state index contributed by atoms with van der Waals surface area (Å²) in [6.07, 6.45) is 4.89. The SMILES string of the molecule is O=C(NCC(c1ccc(Cl)cc1)N1CCCCCC1)c1cc(-c2ccccc2)on1. The van der Waals surface area contributed by atoms with E-state index >= 15 is 0 Å². The maximum atomic E-state index is 12.8. The van der Waals surface area contributed by atoms with Gasteiger partial charge in [-0.2, -0.15) is 0 Å². The minimum absolute atomic E-state index is 0.102. The van der Waals surface area contributed by atoms with Crippen molar-refractivity contribution in [3.8, 4) is 11.3 Å². The second-order valence-corrected chi connectivity index (χ2v) is 8.11. The van der Waals surface area contributed by atoms with Crippen LogP contribution in [0, 0.1) is 0 Å². The van der Waals surface area contributed by atoms with Gasteiger partial charge in [-0.25, -0.2) is 0 Å². The van der Waals surface area contributed by atoms with Crippen LogP contribution in [0.15, 0.2) is 65.2 Å². The summed E-state index contributed by atoms with van der Waals surface area (Å²) in [4.78, 5) is 15.2. The van der Waals surface area contributed by atoms with E-state index in [1.54, 1.807) is 6.07 Å². The van der Waals surface area contributed by atoms with E-state index in [4.69, 9.17) is 16.1 Å². The van der Waals surface area contributed by atoms with Crippen LogP contribution in [-0.4, -0.2) is 35.6 Å². The molecule has 0 saturated carbocycles. The third-order valence-electron chi connectivity index (χ3n) is 5.59. The molecule has 6 heteroatoms. The second kappa shape index (κ2) is 9.92. The lowest BCUT2D eigenvalue weighted by molar-refractivity contribution is 0.0924. The molecule has 5 nitrogen and oxygen atoms in total. The fraction of sp³-hybridized carbons (Fsp3) is 0.333. The van der Waals surface area contributed by atoms with Crippen molar-refractivity contribution in [2.45, 2.75) is 31.7 Å². The molecule has 1 unspecified atom stereocenters. The van der Waals surface area contributed by atoms with E-state index in [1.807, 2.05) is 54.6 Å². The van der Waals surface area contributed by atoms with E-state index in [2.05, 4.69) is 15.4 Å². The minimum Gasteiger partial charge on any atom is -0.355 e. The number of halogens is 1. The average molecular weight is 424 g/mol. The Morgan fingerprint density at radius 3 is 2.43 bits per heavy atom. The molecule has 2 heterocycles. The molecule has 1 N–H and O–H groups in total. The first-order valence-electron chi connectivity index (χ1n) is 10.5. The van der Waals surface area contributed by atoms with Crippen molar-refractivity contribution in [2.24, 2.45) is 0 Å². The third kappa shape index (κ3) is 5.10. The Balaban J connectivity index is 1.47. The zero-order valence-electron chi connectivity index (χ0n) is 16.9. The van der Waals surface area contributed by atoms with E-state index < -0.39 is 0 Å². The number of hydrogen-bond donors (Lipinski definition) is 1. The highest BCUT2D eigenvalue weighted by atomic mass is 35.5. The predicted molar refractivity (Wildman–Crippen MR) is 119 cm³/mol. The van der Waals surface area contributed by atoms with Gasteiger partial charge < -0.3 is 9.84 Å². The summed E-state index contributed by atoms with van der Waals surface area (Å²) in [6.45, 7) is 2.57. The van der Waals surface area contributed by atoms with Gasteiger partial charge in [0, 0.05) is 23.2 Å². The molecule has 1 atom stereocenters. The highest BCUT2D eigenvalue weighted by Gasteiger charge is 2.23. The van der Waals surface area contributed by atoms with Crippen LogP contribution in [0.4, 0.5) is 0 Å². The molecular formula is C24H26ClN3O2. The van der Waals surface area contributed by atoms with Crippen LogP contribution >= 0.6 is 11.6 Å². The summed E-state index contributed by atoms with van der Waals surface area (Å²) < 4.78 is 5.37. The number of amides is 1. The maximum absolute atomic E-state index is 12.8. The molecule has 3 aromatic rings. The molecule has 156 valence electrons. The van der Waals surface area contributed by atoms with Gasteiger partial charge in [0.25, 0.3) is 5.91 Å². The van der Waals surface area contributed by atoms with Gasteiger partial charge in [-0.05, 0) is 43.6 Å². The monoisotopic (exact) mass is 423 g/mol. The van der Waals surface area contributed by atoms with Gasteiger partial charge in [0.15, 0.2) is 11.5 Å². The molecule has 1 fully saturated rings. The number of nitrogens with one attached hydrogen (secondary N) is 1. The molecule has 1 aliphatic heterocycles. The van der Waals surface area contributed by atoms with E-state index in [1.165, 1.54) is 25.7 Å². The number of aromatic nitrogens is 1. The number of benzene rings is 2. The molecule has 2 aromatic carbocycles. The number of likely N-dealkylation sites (tertiary alicyclic amines) is 1. The van der Waals surface area contributed by atoms with Gasteiger partial charge >= 0.3 is 0 Å². The van der Waals surface area contributed by atoms with E-state index in [0.717, 1.165) is 24.2 Å². The standard InChI is InChI=1S/C24H26ClN3O2/c25-20-12-10-18(11-13-20)22(28-14-6-1-2-7-15-28)17-26-24(29)21-16-23(30-27-21)19-8-4-3-5-9-19/h3-5,8-13,16,22H,1-2,6-7,14-15,17H2,(H,26,29). The lowest BCUT2D eigenvalue weighted by Crippen LogP contribution is -2.38. The fourth-order valence-electron chi connectivity index (χ4n) is 3.95. The molecule has 1 amide bonds. The number of rotatable bonds is 6. The van der Waals surface area contributed by atoms with Gasteiger partial charge in [-0.1, -0.05) is 72.1 Å². The Morgan fingerprint density at radius 1 is 1.03 bits per heavy atom. The smallest absolute Gasteiger partial charge is 0.273 e. The van der Waals surface area contributed by atoms with Crippen LogP contribution in [0.25, 0.3) is 11.3 Å². The zero-order chi connectivity index (χ0) is 20.8. The molecule has 0 radical (unpaired) electrons. The minimum atomic E-state index is -0.227. The van der Waals surface area contributed by atoms with Crippen LogP contribution in [0.1, 0.15) is 47.8 Å². The molecule has 0 bridgehead atoms. The van der Waals surface area contributed by atoms with Gasteiger partial charge in [-0.3, -0.25) is 9.69 Å². The molecular weight excluding hydrogens is 398 g/mol. The van der Waals surface area contributed by atoms with Crippen molar-refractivity contribution in [3.63, 3.8) is 0 Å². The van der Waals surface area contributed by atoms with Gasteiger partial charge in [0.2, 0.25) is 0 Å². The Morgan fingerprint density at radius 2 is 1.73 bits per heavy atom. The lowest BCUT2D eigenvalue weighted by atomic mass is 10.0. The quantitative estimate of drug-likeness (QED) is 0.581. The Labute approximate surface area is 182 Å². The van der Waals surface area contributed by atoms with Gasteiger partial charge in [0.05, 0.1) is 6.04 Å². The number of hydrogen-bond acceptors (Lipinski definition) is 4. The van der Waals surface area contributed by atoms with Crippen molar-refractivity contribution in [3.05, 3.63) is 76.9 Å². The molecule has 0 spiro atoms. The Hall–Kier alpha value is -2.63. The van der Waals surface area contributed by atoms with E-state index in [-0.39, 0.29) is 11.9 Å². The summed E-state index contributed by atoms with van der Waals surface area (Å²) in [7, 11) is 0. The number of carbonyl (C=O) groups excluding carboxylic acids is 1. The fourth-order valence-corrected chi connectivity index (χ4v) is 4.08. The summed E-state index contributed by atoms with van der Waals surface area (Å²) in [5.74, 6) is 0.359. The van der Waals surface area contributed by atoms with Crippen LogP contribution in [0.5, 0.6) is 0 Å². The largest absolute Gasteiger partial charge is 0.355 e. The molecule has 30 heavy (non-hydrogen) atoms. The molecule has 1 saturated heterocycles. The van der Waals surface area contributed by atoms with Crippen molar-refractivity contribution in [2.75, 3.05) is 19.6 Å². The van der Waals surface area contributed by atoms with E-state index in [0.29, 0.717) is 23.0 Å². The van der Waals surface area contributed by atoms with Crippen molar-refractivity contribution in [1.82, 2.24) is 15.4 Å². The van der Waals surface area contributed by atoms with Gasteiger partial charge in [0.1, 0.15) is 0 Å². The van der Waals surface area contributed by atoms with Crippen LogP contribution < -0.4 is 5.32 Å². The molecule has 1 aromatic heterocycles. The molecule has 1 aliphatic rings. The topological polar surface area (TPSA) is 58.4 Å². The van der Waals surface area contributed by atoms with Crippen molar-refractivity contribution in [1.29, 1.82) is 0 Å². The number of nitrogens with zero attached hydrogens (tertiary/aromatic N) is 2. The normalized spacial score (nSPS) is 16.0. The first-order chi connectivity index (χ1) is 14.7. The summed E-state index contributed by atoms with van der Waals surface area (Å²) in [5.41, 5.74) is 2.35. The summed E-state index contributed by atoms with van der Waals surface area (Å²) >= 11 is 6.09.